The molecule has 1 aliphatic heterocycles. The maximum atomic E-state index is 4.49. The van der Waals surface area contributed by atoms with E-state index in [0.29, 0.717) is 11.8 Å². The summed E-state index contributed by atoms with van der Waals surface area (Å²) in [4.78, 5) is 8.38. The maximum absolute atomic E-state index is 4.49. The van der Waals surface area contributed by atoms with Gasteiger partial charge in [0.05, 0.1) is 24.6 Å². The lowest BCUT2D eigenvalue weighted by Gasteiger charge is -2.22. The van der Waals surface area contributed by atoms with Gasteiger partial charge in [0.15, 0.2) is 0 Å². The van der Waals surface area contributed by atoms with Crippen molar-refractivity contribution in [1.82, 2.24) is 34.7 Å². The summed E-state index contributed by atoms with van der Waals surface area (Å²) in [6, 6.07) is 0.481. The van der Waals surface area contributed by atoms with Crippen molar-refractivity contribution in [1.29, 1.82) is 0 Å². The van der Waals surface area contributed by atoms with Crippen LogP contribution >= 0.6 is 0 Å². The zero-order valence-corrected chi connectivity index (χ0v) is 11.0. The Bertz CT molecular complexity index is 723. The van der Waals surface area contributed by atoms with Crippen LogP contribution in [0.2, 0.25) is 0 Å². The molecule has 0 unspecified atom stereocenters. The fourth-order valence-corrected chi connectivity index (χ4v) is 2.59. The molecule has 0 saturated carbocycles. The van der Waals surface area contributed by atoms with Crippen LogP contribution in [0.25, 0.3) is 17.0 Å². The first-order valence-corrected chi connectivity index (χ1v) is 6.82. The second-order valence-electron chi connectivity index (χ2n) is 5.01. The molecule has 0 aromatic carbocycles. The van der Waals surface area contributed by atoms with Crippen LogP contribution in [0.3, 0.4) is 0 Å². The highest BCUT2D eigenvalue weighted by Crippen LogP contribution is 2.21. The summed E-state index contributed by atoms with van der Waals surface area (Å²) in [6.07, 6.45) is 11.4. The monoisotopic (exact) mass is 269 g/mol. The topological polar surface area (TPSA) is 72.9 Å². The van der Waals surface area contributed by atoms with Gasteiger partial charge in [-0.2, -0.15) is 10.2 Å². The Morgan fingerprint density at radius 1 is 1.15 bits per heavy atom. The molecule has 1 aliphatic rings. The summed E-state index contributed by atoms with van der Waals surface area (Å²) in [5.41, 5.74) is 1.81. The van der Waals surface area contributed by atoms with E-state index in [1.54, 1.807) is 23.1 Å². The third-order valence-corrected chi connectivity index (χ3v) is 3.70. The second kappa shape index (κ2) is 4.68. The number of hydrogen-bond donors (Lipinski definition) is 1. The summed E-state index contributed by atoms with van der Waals surface area (Å²) in [5.74, 6) is 0.611. The summed E-state index contributed by atoms with van der Waals surface area (Å²) in [6.45, 7) is 2.11. The van der Waals surface area contributed by atoms with Crippen molar-refractivity contribution >= 4 is 5.78 Å². The highest BCUT2D eigenvalue weighted by molar-refractivity contribution is 5.55. The molecule has 1 saturated heterocycles. The molecular weight excluding hydrogens is 254 g/mol. The quantitative estimate of drug-likeness (QED) is 0.748. The lowest BCUT2D eigenvalue weighted by molar-refractivity contribution is 0.343. The smallest absolute Gasteiger partial charge is 0.250 e. The van der Waals surface area contributed by atoms with E-state index >= 15 is 0 Å². The van der Waals surface area contributed by atoms with E-state index in [1.165, 1.54) is 0 Å². The molecule has 0 atom stereocenters. The Morgan fingerprint density at radius 2 is 2.05 bits per heavy atom. The molecule has 1 fully saturated rings. The van der Waals surface area contributed by atoms with E-state index in [9.17, 15) is 0 Å². The molecule has 102 valence electrons. The molecule has 4 heterocycles. The van der Waals surface area contributed by atoms with Gasteiger partial charge in [-0.3, -0.25) is 4.68 Å². The number of nitrogens with one attached hydrogen (secondary N) is 1. The Kier molecular flexibility index (Phi) is 2.70. The number of aromatic nitrogens is 6. The predicted molar refractivity (Wildman–Crippen MR) is 73.1 cm³/mol. The van der Waals surface area contributed by atoms with Crippen molar-refractivity contribution in [3.63, 3.8) is 0 Å². The largest absolute Gasteiger partial charge is 0.317 e. The molecule has 0 bridgehead atoms. The number of piperidine rings is 1. The molecule has 3 aromatic heterocycles. The second-order valence-corrected chi connectivity index (χ2v) is 5.01. The van der Waals surface area contributed by atoms with Crippen molar-refractivity contribution in [2.24, 2.45) is 0 Å². The minimum atomic E-state index is 0.481. The van der Waals surface area contributed by atoms with Crippen LogP contribution in [-0.2, 0) is 0 Å². The van der Waals surface area contributed by atoms with Gasteiger partial charge in [0.2, 0.25) is 0 Å². The normalized spacial score (nSPS) is 16.8. The van der Waals surface area contributed by atoms with Gasteiger partial charge >= 0.3 is 0 Å². The third kappa shape index (κ3) is 1.96. The first kappa shape index (κ1) is 11.5. The first-order valence-electron chi connectivity index (χ1n) is 6.82. The van der Waals surface area contributed by atoms with Gasteiger partial charge in [-0.25, -0.2) is 14.5 Å². The fraction of sp³-hybridized carbons (Fsp3) is 0.385. The van der Waals surface area contributed by atoms with E-state index in [4.69, 9.17) is 0 Å². The van der Waals surface area contributed by atoms with Crippen molar-refractivity contribution in [3.05, 3.63) is 31.0 Å². The predicted octanol–water partition coefficient (Wildman–Crippen LogP) is 0.912. The first-order chi connectivity index (χ1) is 9.90. The standard InChI is InChI=1S/C13H15N7/c1-3-14-4-2-11(1)20-9-10(7-17-20)12-8-16-13-15-5-6-19(13)18-12/h5-9,11,14H,1-4H2. The van der Waals surface area contributed by atoms with E-state index < -0.39 is 0 Å². The van der Waals surface area contributed by atoms with Crippen LogP contribution < -0.4 is 5.32 Å². The summed E-state index contributed by atoms with van der Waals surface area (Å²) in [7, 11) is 0. The van der Waals surface area contributed by atoms with Gasteiger partial charge < -0.3 is 5.32 Å². The average molecular weight is 269 g/mol. The van der Waals surface area contributed by atoms with E-state index in [1.807, 2.05) is 6.20 Å². The van der Waals surface area contributed by atoms with Crippen LogP contribution in [0.4, 0.5) is 0 Å². The van der Waals surface area contributed by atoms with Crippen molar-refractivity contribution in [2.75, 3.05) is 13.1 Å². The molecule has 3 aromatic rings. The van der Waals surface area contributed by atoms with Gasteiger partial charge in [-0.15, -0.1) is 0 Å². The molecule has 4 rings (SSSR count). The summed E-state index contributed by atoms with van der Waals surface area (Å²) < 4.78 is 3.73. The van der Waals surface area contributed by atoms with Gasteiger partial charge in [0.1, 0.15) is 5.69 Å². The highest BCUT2D eigenvalue weighted by Gasteiger charge is 2.16. The van der Waals surface area contributed by atoms with E-state index in [0.717, 1.165) is 37.2 Å². The highest BCUT2D eigenvalue weighted by atomic mass is 15.3. The van der Waals surface area contributed by atoms with Crippen LogP contribution in [0.15, 0.2) is 31.0 Å². The number of hydrogen-bond acceptors (Lipinski definition) is 5. The number of fused-ring (bicyclic) bond motifs is 1. The molecule has 0 spiro atoms. The van der Waals surface area contributed by atoms with Crippen LogP contribution in [0.1, 0.15) is 18.9 Å². The summed E-state index contributed by atoms with van der Waals surface area (Å²) in [5, 5.41) is 12.3. The fourth-order valence-electron chi connectivity index (χ4n) is 2.59. The van der Waals surface area contributed by atoms with Gasteiger partial charge in [-0.1, -0.05) is 0 Å². The molecule has 20 heavy (non-hydrogen) atoms. The van der Waals surface area contributed by atoms with E-state index in [2.05, 4.69) is 36.4 Å². The summed E-state index contributed by atoms with van der Waals surface area (Å²) >= 11 is 0. The zero-order valence-electron chi connectivity index (χ0n) is 11.0. The maximum Gasteiger partial charge on any atom is 0.250 e. The lowest BCUT2D eigenvalue weighted by atomic mass is 10.1. The molecule has 0 amide bonds. The third-order valence-electron chi connectivity index (χ3n) is 3.70. The Morgan fingerprint density at radius 3 is 2.95 bits per heavy atom. The van der Waals surface area contributed by atoms with Gasteiger partial charge in [0, 0.05) is 18.0 Å². The van der Waals surface area contributed by atoms with Crippen molar-refractivity contribution < 1.29 is 0 Å². The van der Waals surface area contributed by atoms with Gasteiger partial charge in [-0.05, 0) is 25.9 Å². The molecule has 7 heteroatoms. The number of nitrogens with zero attached hydrogens (tertiary/aromatic N) is 6. The number of imidazole rings is 1. The van der Waals surface area contributed by atoms with E-state index in [-0.39, 0.29) is 0 Å². The average Bonchev–Trinajstić information content (AvgIpc) is 3.16. The molecule has 1 N–H and O–H groups in total. The molecule has 0 aliphatic carbocycles. The molecule has 0 radical (unpaired) electrons. The molecule has 7 nitrogen and oxygen atoms in total. The van der Waals surface area contributed by atoms with Gasteiger partial charge in [0.25, 0.3) is 5.78 Å². The Balaban J connectivity index is 1.66. The lowest BCUT2D eigenvalue weighted by Crippen LogP contribution is -2.29. The van der Waals surface area contributed by atoms with Crippen molar-refractivity contribution in [2.45, 2.75) is 18.9 Å². The van der Waals surface area contributed by atoms with Crippen molar-refractivity contribution in [3.8, 4) is 11.3 Å². The number of rotatable bonds is 2. The zero-order chi connectivity index (χ0) is 13.4. The Hall–Kier alpha value is -2.28. The minimum Gasteiger partial charge on any atom is -0.317 e. The Labute approximate surface area is 115 Å². The van der Waals surface area contributed by atoms with Crippen LogP contribution in [0, 0.1) is 0 Å². The molecular formula is C13H15N7. The minimum absolute atomic E-state index is 0.481. The van der Waals surface area contributed by atoms with Crippen LogP contribution in [-0.4, -0.2) is 42.5 Å². The SMILES string of the molecule is c1cn2nc(-c3cnn(C4CCNCC4)c3)cnc2n1. The van der Waals surface area contributed by atoms with Crippen LogP contribution in [0.5, 0.6) is 0 Å².